The number of hydrogen-bond donors (Lipinski definition) is 1. The van der Waals surface area contributed by atoms with Crippen molar-refractivity contribution in [1.82, 2.24) is 0 Å². The van der Waals surface area contributed by atoms with Crippen molar-refractivity contribution in [3.05, 3.63) is 58.5 Å². The fourth-order valence-corrected chi connectivity index (χ4v) is 2.70. The number of rotatable bonds is 5. The van der Waals surface area contributed by atoms with Gasteiger partial charge in [0.2, 0.25) is 0 Å². The van der Waals surface area contributed by atoms with Crippen LogP contribution < -0.4 is 5.73 Å². The Morgan fingerprint density at radius 3 is 2.53 bits per heavy atom. The van der Waals surface area contributed by atoms with E-state index >= 15 is 0 Å². The Labute approximate surface area is 110 Å². The average Bonchev–Trinajstić information content (AvgIpc) is 2.80. The molecule has 1 heterocycles. The SMILES string of the molecule is NCc1ccc(CSCc2ccccc2Cl)o1. The molecule has 2 N–H and O–H groups in total. The molecular weight excluding hydrogens is 254 g/mol. The summed E-state index contributed by atoms with van der Waals surface area (Å²) in [5.74, 6) is 3.52. The molecule has 0 amide bonds. The first kappa shape index (κ1) is 12.6. The number of nitrogens with two attached hydrogens (primary N) is 1. The van der Waals surface area contributed by atoms with Crippen molar-refractivity contribution in [2.24, 2.45) is 5.73 Å². The summed E-state index contributed by atoms with van der Waals surface area (Å²) in [5, 5.41) is 0.821. The van der Waals surface area contributed by atoms with Crippen molar-refractivity contribution in [1.29, 1.82) is 0 Å². The molecule has 17 heavy (non-hydrogen) atoms. The summed E-state index contributed by atoms with van der Waals surface area (Å²) in [4.78, 5) is 0. The van der Waals surface area contributed by atoms with Crippen molar-refractivity contribution in [3.8, 4) is 0 Å². The van der Waals surface area contributed by atoms with Crippen LogP contribution in [0.4, 0.5) is 0 Å². The van der Waals surface area contributed by atoms with Crippen molar-refractivity contribution in [2.45, 2.75) is 18.1 Å². The van der Waals surface area contributed by atoms with E-state index < -0.39 is 0 Å². The third-order valence-electron chi connectivity index (χ3n) is 2.38. The van der Waals surface area contributed by atoms with Crippen LogP contribution in [0.3, 0.4) is 0 Å². The van der Waals surface area contributed by atoms with Gasteiger partial charge < -0.3 is 10.2 Å². The van der Waals surface area contributed by atoms with Crippen LogP contribution in [0.1, 0.15) is 17.1 Å². The maximum absolute atomic E-state index is 6.08. The molecule has 0 saturated carbocycles. The number of thioether (sulfide) groups is 1. The lowest BCUT2D eigenvalue weighted by molar-refractivity contribution is 0.482. The molecular formula is C13H14ClNOS. The van der Waals surface area contributed by atoms with Crippen molar-refractivity contribution >= 4 is 23.4 Å². The Bertz CT molecular complexity index is 484. The molecule has 90 valence electrons. The first-order chi connectivity index (χ1) is 8.29. The minimum absolute atomic E-state index is 0.454. The Morgan fingerprint density at radius 1 is 1.06 bits per heavy atom. The van der Waals surface area contributed by atoms with Gasteiger partial charge in [0.05, 0.1) is 12.3 Å². The van der Waals surface area contributed by atoms with E-state index in [0.29, 0.717) is 6.54 Å². The molecule has 0 aliphatic carbocycles. The summed E-state index contributed by atoms with van der Waals surface area (Å²) in [6.07, 6.45) is 0. The molecule has 0 fully saturated rings. The van der Waals surface area contributed by atoms with Crippen molar-refractivity contribution < 1.29 is 4.42 Å². The zero-order valence-electron chi connectivity index (χ0n) is 9.36. The molecule has 0 aliphatic rings. The Hall–Kier alpha value is -0.900. The fraction of sp³-hybridized carbons (Fsp3) is 0.231. The van der Waals surface area contributed by atoms with Gasteiger partial charge in [-0.1, -0.05) is 29.8 Å². The van der Waals surface area contributed by atoms with E-state index in [2.05, 4.69) is 0 Å². The van der Waals surface area contributed by atoms with Crippen molar-refractivity contribution in [3.63, 3.8) is 0 Å². The van der Waals surface area contributed by atoms with Gasteiger partial charge in [-0.2, -0.15) is 0 Å². The molecule has 0 aliphatic heterocycles. The number of hydrogen-bond acceptors (Lipinski definition) is 3. The minimum Gasteiger partial charge on any atom is -0.464 e. The van der Waals surface area contributed by atoms with Gasteiger partial charge in [0.25, 0.3) is 0 Å². The molecule has 0 radical (unpaired) electrons. The van der Waals surface area contributed by atoms with Crippen LogP contribution in [0.25, 0.3) is 0 Å². The summed E-state index contributed by atoms with van der Waals surface area (Å²) in [5.41, 5.74) is 6.64. The maximum atomic E-state index is 6.08. The standard InChI is InChI=1S/C13H14ClNOS/c14-13-4-2-1-3-10(13)8-17-9-12-6-5-11(7-15)16-12/h1-6H,7-9,15H2. The number of furan rings is 1. The van der Waals surface area contributed by atoms with E-state index in [9.17, 15) is 0 Å². The molecule has 0 atom stereocenters. The van der Waals surface area contributed by atoms with Crippen molar-refractivity contribution in [2.75, 3.05) is 0 Å². The molecule has 0 saturated heterocycles. The van der Waals surface area contributed by atoms with E-state index in [1.54, 1.807) is 11.8 Å². The van der Waals surface area contributed by atoms with Crippen LogP contribution in [0.5, 0.6) is 0 Å². The third-order valence-corrected chi connectivity index (χ3v) is 3.75. The Morgan fingerprint density at radius 2 is 1.82 bits per heavy atom. The lowest BCUT2D eigenvalue weighted by atomic mass is 10.2. The summed E-state index contributed by atoms with van der Waals surface area (Å²) >= 11 is 7.86. The van der Waals surface area contributed by atoms with Gasteiger partial charge in [-0.15, -0.1) is 11.8 Å². The van der Waals surface area contributed by atoms with Gasteiger partial charge >= 0.3 is 0 Å². The van der Waals surface area contributed by atoms with E-state index in [1.165, 1.54) is 0 Å². The molecule has 1 aromatic carbocycles. The summed E-state index contributed by atoms with van der Waals surface area (Å²) in [6, 6.07) is 11.8. The van der Waals surface area contributed by atoms with Crippen LogP contribution in [0.15, 0.2) is 40.8 Å². The van der Waals surface area contributed by atoms with Gasteiger partial charge in [-0.25, -0.2) is 0 Å². The molecule has 2 rings (SSSR count). The van der Waals surface area contributed by atoms with E-state index in [1.807, 2.05) is 36.4 Å². The summed E-state index contributed by atoms with van der Waals surface area (Å²) in [6.45, 7) is 0.454. The topological polar surface area (TPSA) is 39.2 Å². The minimum atomic E-state index is 0.454. The predicted molar refractivity (Wildman–Crippen MR) is 73.1 cm³/mol. The monoisotopic (exact) mass is 267 g/mol. The van der Waals surface area contributed by atoms with Crippen LogP contribution >= 0.6 is 23.4 Å². The smallest absolute Gasteiger partial charge is 0.117 e. The molecule has 0 bridgehead atoms. The van der Waals surface area contributed by atoms with Gasteiger partial charge in [0.15, 0.2) is 0 Å². The second-order valence-electron chi connectivity index (χ2n) is 3.66. The van der Waals surface area contributed by atoms with Crippen LogP contribution in [-0.2, 0) is 18.1 Å². The second kappa shape index (κ2) is 6.15. The fourth-order valence-electron chi connectivity index (χ4n) is 1.49. The predicted octanol–water partition coefficient (Wildman–Crippen LogP) is 3.83. The highest BCUT2D eigenvalue weighted by molar-refractivity contribution is 7.97. The molecule has 2 aromatic rings. The largest absolute Gasteiger partial charge is 0.464 e. The average molecular weight is 268 g/mol. The maximum Gasteiger partial charge on any atom is 0.117 e. The van der Waals surface area contributed by atoms with Gasteiger partial charge in [-0.3, -0.25) is 0 Å². The summed E-state index contributed by atoms with van der Waals surface area (Å²) < 4.78 is 5.52. The highest BCUT2D eigenvalue weighted by Crippen LogP contribution is 2.23. The second-order valence-corrected chi connectivity index (χ2v) is 5.05. The highest BCUT2D eigenvalue weighted by Gasteiger charge is 2.03. The van der Waals surface area contributed by atoms with E-state index in [-0.39, 0.29) is 0 Å². The first-order valence-electron chi connectivity index (χ1n) is 5.38. The molecule has 0 unspecified atom stereocenters. The van der Waals surface area contributed by atoms with Gasteiger partial charge in [-0.05, 0) is 23.8 Å². The van der Waals surface area contributed by atoms with E-state index in [0.717, 1.165) is 33.6 Å². The molecule has 4 heteroatoms. The normalized spacial score (nSPS) is 10.7. The summed E-state index contributed by atoms with van der Waals surface area (Å²) in [7, 11) is 0. The molecule has 1 aromatic heterocycles. The van der Waals surface area contributed by atoms with E-state index in [4.69, 9.17) is 21.8 Å². The van der Waals surface area contributed by atoms with Crippen LogP contribution in [-0.4, -0.2) is 0 Å². The highest BCUT2D eigenvalue weighted by atomic mass is 35.5. The molecule has 0 spiro atoms. The first-order valence-corrected chi connectivity index (χ1v) is 6.91. The Kier molecular flexibility index (Phi) is 4.54. The van der Waals surface area contributed by atoms with Gasteiger partial charge in [0, 0.05) is 10.8 Å². The molecule has 2 nitrogen and oxygen atoms in total. The van der Waals surface area contributed by atoms with Crippen LogP contribution in [0, 0.1) is 0 Å². The zero-order valence-corrected chi connectivity index (χ0v) is 10.9. The Balaban J connectivity index is 1.85. The quantitative estimate of drug-likeness (QED) is 0.895. The third kappa shape index (κ3) is 3.53. The van der Waals surface area contributed by atoms with Crippen LogP contribution in [0.2, 0.25) is 5.02 Å². The number of benzene rings is 1. The van der Waals surface area contributed by atoms with Gasteiger partial charge in [0.1, 0.15) is 11.5 Å². The lowest BCUT2D eigenvalue weighted by Gasteiger charge is -2.02. The zero-order chi connectivity index (χ0) is 12.1. The number of halogens is 1. The lowest BCUT2D eigenvalue weighted by Crippen LogP contribution is -1.92.